The Kier molecular flexibility index (Phi) is 3.59. The van der Waals surface area contributed by atoms with Crippen LogP contribution in [0.2, 0.25) is 0 Å². The van der Waals surface area contributed by atoms with E-state index in [0.717, 1.165) is 11.4 Å². The van der Waals surface area contributed by atoms with Crippen LogP contribution in [-0.2, 0) is 0 Å². The third-order valence-corrected chi connectivity index (χ3v) is 1.85. The van der Waals surface area contributed by atoms with Crippen molar-refractivity contribution in [2.24, 2.45) is 0 Å². The zero-order chi connectivity index (χ0) is 10.6. The number of rotatable bonds is 4. The maximum absolute atomic E-state index is 9.08. The molecule has 0 amide bonds. The predicted octanol–water partition coefficient (Wildman–Crippen LogP) is 1.07. The second-order valence-corrected chi connectivity index (χ2v) is 3.18. The van der Waals surface area contributed by atoms with Gasteiger partial charge in [-0.05, 0) is 19.1 Å². The quantitative estimate of drug-likeness (QED) is 0.630. The van der Waals surface area contributed by atoms with E-state index in [4.69, 9.17) is 15.6 Å². The summed E-state index contributed by atoms with van der Waals surface area (Å²) >= 11 is 0. The van der Waals surface area contributed by atoms with Gasteiger partial charge in [-0.3, -0.25) is 0 Å². The molecular weight excluding hydrogens is 180 g/mol. The standard InChI is InChI=1S/C10H16N2O2/c1-7(13)6-12-10-4-3-8(14-2)5-9(10)11/h3-5,7,12-13H,6,11H2,1-2H3. The fourth-order valence-electron chi connectivity index (χ4n) is 1.09. The van der Waals surface area contributed by atoms with Gasteiger partial charge in [0.05, 0.1) is 24.6 Å². The first-order valence-electron chi connectivity index (χ1n) is 4.49. The number of hydrogen-bond acceptors (Lipinski definition) is 4. The summed E-state index contributed by atoms with van der Waals surface area (Å²) in [5, 5.41) is 12.1. The number of benzene rings is 1. The van der Waals surface area contributed by atoms with E-state index < -0.39 is 6.10 Å². The molecule has 4 N–H and O–H groups in total. The number of ether oxygens (including phenoxy) is 1. The Morgan fingerprint density at radius 1 is 1.57 bits per heavy atom. The predicted molar refractivity (Wildman–Crippen MR) is 57.6 cm³/mol. The average Bonchev–Trinajstić information content (AvgIpc) is 2.15. The maximum Gasteiger partial charge on any atom is 0.121 e. The first-order valence-corrected chi connectivity index (χ1v) is 4.49. The van der Waals surface area contributed by atoms with Crippen molar-refractivity contribution in [2.45, 2.75) is 13.0 Å². The lowest BCUT2D eigenvalue weighted by atomic mass is 10.2. The number of nitrogen functional groups attached to an aromatic ring is 1. The Morgan fingerprint density at radius 3 is 2.79 bits per heavy atom. The van der Waals surface area contributed by atoms with E-state index in [9.17, 15) is 0 Å². The van der Waals surface area contributed by atoms with E-state index in [1.54, 1.807) is 20.1 Å². The monoisotopic (exact) mass is 196 g/mol. The van der Waals surface area contributed by atoms with Crippen molar-refractivity contribution in [2.75, 3.05) is 24.7 Å². The maximum atomic E-state index is 9.08. The molecule has 1 atom stereocenters. The largest absolute Gasteiger partial charge is 0.497 e. The fraction of sp³-hybridized carbons (Fsp3) is 0.400. The lowest BCUT2D eigenvalue weighted by Gasteiger charge is -2.11. The molecule has 4 heteroatoms. The van der Waals surface area contributed by atoms with Crippen molar-refractivity contribution in [1.82, 2.24) is 0 Å². The van der Waals surface area contributed by atoms with E-state index in [1.165, 1.54) is 0 Å². The van der Waals surface area contributed by atoms with Crippen LogP contribution in [0, 0.1) is 0 Å². The third-order valence-electron chi connectivity index (χ3n) is 1.85. The van der Waals surface area contributed by atoms with Crippen molar-refractivity contribution in [3.05, 3.63) is 18.2 Å². The molecule has 0 aromatic heterocycles. The SMILES string of the molecule is COc1ccc(NCC(C)O)c(N)c1. The van der Waals surface area contributed by atoms with E-state index >= 15 is 0 Å². The number of aliphatic hydroxyl groups is 1. The summed E-state index contributed by atoms with van der Waals surface area (Å²) in [5.41, 5.74) is 7.19. The molecule has 0 saturated carbocycles. The van der Waals surface area contributed by atoms with E-state index in [0.29, 0.717) is 12.2 Å². The summed E-state index contributed by atoms with van der Waals surface area (Å²) in [5.74, 6) is 0.727. The summed E-state index contributed by atoms with van der Waals surface area (Å²) < 4.78 is 5.02. The van der Waals surface area contributed by atoms with Crippen LogP contribution in [0.1, 0.15) is 6.92 Å². The second-order valence-electron chi connectivity index (χ2n) is 3.18. The molecule has 0 radical (unpaired) electrons. The van der Waals surface area contributed by atoms with Crippen molar-refractivity contribution in [1.29, 1.82) is 0 Å². The highest BCUT2D eigenvalue weighted by Crippen LogP contribution is 2.23. The zero-order valence-corrected chi connectivity index (χ0v) is 8.45. The number of methoxy groups -OCH3 is 1. The minimum Gasteiger partial charge on any atom is -0.497 e. The van der Waals surface area contributed by atoms with Crippen molar-refractivity contribution in [3.8, 4) is 5.75 Å². The van der Waals surface area contributed by atoms with Gasteiger partial charge in [-0.15, -0.1) is 0 Å². The summed E-state index contributed by atoms with van der Waals surface area (Å²) in [6, 6.07) is 5.39. The Labute approximate surface area is 83.7 Å². The number of nitrogens with one attached hydrogen (secondary N) is 1. The molecule has 0 saturated heterocycles. The van der Waals surface area contributed by atoms with Gasteiger partial charge in [0.15, 0.2) is 0 Å². The summed E-state index contributed by atoms with van der Waals surface area (Å²) in [4.78, 5) is 0. The van der Waals surface area contributed by atoms with Gasteiger partial charge in [0.2, 0.25) is 0 Å². The van der Waals surface area contributed by atoms with Gasteiger partial charge in [0.1, 0.15) is 5.75 Å². The lowest BCUT2D eigenvalue weighted by Crippen LogP contribution is -2.16. The van der Waals surface area contributed by atoms with Crippen LogP contribution in [-0.4, -0.2) is 24.9 Å². The minimum atomic E-state index is -0.392. The third kappa shape index (κ3) is 2.81. The van der Waals surface area contributed by atoms with E-state index in [-0.39, 0.29) is 0 Å². The summed E-state index contributed by atoms with van der Waals surface area (Å²) in [7, 11) is 1.59. The first kappa shape index (κ1) is 10.7. The Balaban J connectivity index is 2.69. The molecule has 0 aliphatic heterocycles. The van der Waals surface area contributed by atoms with Crippen LogP contribution in [0.15, 0.2) is 18.2 Å². The smallest absolute Gasteiger partial charge is 0.121 e. The Morgan fingerprint density at radius 2 is 2.29 bits per heavy atom. The molecule has 0 aliphatic rings. The van der Waals surface area contributed by atoms with Crippen LogP contribution < -0.4 is 15.8 Å². The van der Waals surface area contributed by atoms with Crippen molar-refractivity contribution in [3.63, 3.8) is 0 Å². The topological polar surface area (TPSA) is 67.5 Å². The Hall–Kier alpha value is -1.42. The normalized spacial score (nSPS) is 12.2. The highest BCUT2D eigenvalue weighted by atomic mass is 16.5. The molecule has 1 unspecified atom stereocenters. The van der Waals surface area contributed by atoms with Crippen LogP contribution >= 0.6 is 0 Å². The van der Waals surface area contributed by atoms with E-state index in [1.807, 2.05) is 12.1 Å². The molecule has 0 bridgehead atoms. The van der Waals surface area contributed by atoms with Gasteiger partial charge >= 0.3 is 0 Å². The van der Waals surface area contributed by atoms with Crippen LogP contribution in [0.3, 0.4) is 0 Å². The zero-order valence-electron chi connectivity index (χ0n) is 8.45. The number of hydrogen-bond donors (Lipinski definition) is 3. The van der Waals surface area contributed by atoms with Crippen LogP contribution in [0.25, 0.3) is 0 Å². The molecule has 0 heterocycles. The molecule has 4 nitrogen and oxygen atoms in total. The molecule has 0 fully saturated rings. The molecular formula is C10H16N2O2. The van der Waals surface area contributed by atoms with Gasteiger partial charge < -0.3 is 20.9 Å². The minimum absolute atomic E-state index is 0.392. The lowest BCUT2D eigenvalue weighted by molar-refractivity contribution is 0.208. The molecule has 1 rings (SSSR count). The molecule has 1 aromatic rings. The number of nitrogens with two attached hydrogens (primary N) is 1. The number of anilines is 2. The fourth-order valence-corrected chi connectivity index (χ4v) is 1.09. The highest BCUT2D eigenvalue weighted by Gasteiger charge is 2.01. The first-order chi connectivity index (χ1) is 6.63. The van der Waals surface area contributed by atoms with Crippen molar-refractivity contribution < 1.29 is 9.84 Å². The Bertz CT molecular complexity index is 300. The second kappa shape index (κ2) is 4.72. The van der Waals surface area contributed by atoms with Gasteiger partial charge in [-0.25, -0.2) is 0 Å². The average molecular weight is 196 g/mol. The van der Waals surface area contributed by atoms with Gasteiger partial charge in [0.25, 0.3) is 0 Å². The van der Waals surface area contributed by atoms with Crippen LogP contribution in [0.5, 0.6) is 5.75 Å². The van der Waals surface area contributed by atoms with E-state index in [2.05, 4.69) is 5.32 Å². The number of aliphatic hydroxyl groups excluding tert-OH is 1. The van der Waals surface area contributed by atoms with Crippen LogP contribution in [0.4, 0.5) is 11.4 Å². The molecule has 14 heavy (non-hydrogen) atoms. The molecule has 0 spiro atoms. The highest BCUT2D eigenvalue weighted by molar-refractivity contribution is 5.68. The van der Waals surface area contributed by atoms with Gasteiger partial charge in [0, 0.05) is 12.6 Å². The van der Waals surface area contributed by atoms with Crippen molar-refractivity contribution >= 4 is 11.4 Å². The van der Waals surface area contributed by atoms with Gasteiger partial charge in [-0.1, -0.05) is 0 Å². The summed E-state index contributed by atoms with van der Waals surface area (Å²) in [6.07, 6.45) is -0.392. The molecule has 0 aliphatic carbocycles. The molecule has 1 aromatic carbocycles. The van der Waals surface area contributed by atoms with Gasteiger partial charge in [-0.2, -0.15) is 0 Å². The summed E-state index contributed by atoms with van der Waals surface area (Å²) in [6.45, 7) is 2.20. The molecule has 78 valence electrons.